The molecule has 0 atom stereocenters. The van der Waals surface area contributed by atoms with Crippen molar-refractivity contribution in [3.63, 3.8) is 0 Å². The van der Waals surface area contributed by atoms with Crippen molar-refractivity contribution in [2.45, 2.75) is 52.6 Å². The van der Waals surface area contributed by atoms with E-state index < -0.39 is 22.7 Å². The van der Waals surface area contributed by atoms with Crippen LogP contribution in [0.4, 0.5) is 0 Å². The van der Waals surface area contributed by atoms with Crippen LogP contribution in [-0.2, 0) is 4.74 Å². The smallest absolute Gasteiger partial charge is 0.353 e. The van der Waals surface area contributed by atoms with Crippen LogP contribution in [0.2, 0.25) is 10.0 Å². The van der Waals surface area contributed by atoms with Gasteiger partial charge in [-0.3, -0.25) is 0 Å². The molecule has 0 amide bonds. The lowest BCUT2D eigenvalue weighted by Crippen LogP contribution is -2.44. The number of halogens is 2. The number of carbonyl (C=O) groups is 1. The average molecular weight is 413 g/mol. The Morgan fingerprint density at radius 1 is 1.11 bits per heavy atom. The Morgan fingerprint density at radius 2 is 1.74 bits per heavy atom. The predicted molar refractivity (Wildman–Crippen MR) is 108 cm³/mol. The molecule has 1 heterocycles. The van der Waals surface area contributed by atoms with Crippen LogP contribution in [0.5, 0.6) is 0 Å². The highest BCUT2D eigenvalue weighted by atomic mass is 35.5. The van der Waals surface area contributed by atoms with E-state index in [1.54, 1.807) is 6.07 Å². The molecule has 8 heteroatoms. The molecular weight excluding hydrogens is 391 g/mol. The second-order valence-corrected chi connectivity index (χ2v) is 8.95. The van der Waals surface area contributed by atoms with Crippen molar-refractivity contribution in [1.82, 2.24) is 5.32 Å². The first-order valence-corrected chi connectivity index (χ1v) is 9.04. The van der Waals surface area contributed by atoms with Gasteiger partial charge in [0.1, 0.15) is 5.56 Å². The highest BCUT2D eigenvalue weighted by molar-refractivity contribution is 6.38. The molecule has 1 aromatic carbocycles. The monoisotopic (exact) mass is 412 g/mol. The SMILES string of the molecule is CC(C)(C)N=C(NC(C)(C)C)OC(=O)c1cc2cc(Cl)cc(Cl)c2oc1=O. The first-order chi connectivity index (χ1) is 12.2. The van der Waals surface area contributed by atoms with Crippen molar-refractivity contribution >= 4 is 46.2 Å². The van der Waals surface area contributed by atoms with Crippen molar-refractivity contribution in [2.75, 3.05) is 0 Å². The van der Waals surface area contributed by atoms with Gasteiger partial charge in [-0.15, -0.1) is 0 Å². The fourth-order valence-electron chi connectivity index (χ4n) is 2.14. The summed E-state index contributed by atoms with van der Waals surface area (Å²) in [5.74, 6) is -0.888. The number of fused-ring (bicyclic) bond motifs is 1. The molecule has 2 rings (SSSR count). The molecule has 0 saturated heterocycles. The van der Waals surface area contributed by atoms with Crippen molar-refractivity contribution in [3.05, 3.63) is 44.2 Å². The third-order valence-electron chi connectivity index (χ3n) is 3.08. The van der Waals surface area contributed by atoms with Crippen LogP contribution in [-0.4, -0.2) is 23.1 Å². The van der Waals surface area contributed by atoms with Gasteiger partial charge in [0.25, 0.3) is 6.02 Å². The Balaban J connectivity index is 2.45. The van der Waals surface area contributed by atoms with Crippen LogP contribution in [0.1, 0.15) is 51.9 Å². The van der Waals surface area contributed by atoms with Crippen molar-refractivity contribution < 1.29 is 13.9 Å². The first-order valence-electron chi connectivity index (χ1n) is 8.28. The maximum Gasteiger partial charge on any atom is 0.353 e. The zero-order valence-corrected chi connectivity index (χ0v) is 17.6. The molecule has 6 nitrogen and oxygen atoms in total. The number of nitrogens with zero attached hydrogens (tertiary/aromatic N) is 1. The lowest BCUT2D eigenvalue weighted by atomic mass is 10.1. The van der Waals surface area contributed by atoms with E-state index in [4.69, 9.17) is 32.4 Å². The van der Waals surface area contributed by atoms with Gasteiger partial charge in [-0.25, -0.2) is 14.6 Å². The van der Waals surface area contributed by atoms with Crippen LogP contribution >= 0.6 is 23.2 Å². The Labute approximate surface area is 167 Å². The molecule has 0 aliphatic rings. The summed E-state index contributed by atoms with van der Waals surface area (Å²) in [4.78, 5) is 29.2. The summed E-state index contributed by atoms with van der Waals surface area (Å²) in [7, 11) is 0. The summed E-state index contributed by atoms with van der Waals surface area (Å²) < 4.78 is 10.5. The van der Waals surface area contributed by atoms with E-state index in [-0.39, 0.29) is 22.2 Å². The Hall–Kier alpha value is -2.05. The molecular formula is C19H22Cl2N2O4. The van der Waals surface area contributed by atoms with E-state index in [0.29, 0.717) is 10.4 Å². The van der Waals surface area contributed by atoms with E-state index in [0.717, 1.165) is 0 Å². The van der Waals surface area contributed by atoms with E-state index in [9.17, 15) is 9.59 Å². The van der Waals surface area contributed by atoms with Gasteiger partial charge in [0, 0.05) is 15.9 Å². The largest absolute Gasteiger partial charge is 0.420 e. The quantitative estimate of drug-likeness (QED) is 0.314. The van der Waals surface area contributed by atoms with Gasteiger partial charge < -0.3 is 14.5 Å². The molecule has 0 unspecified atom stereocenters. The molecule has 0 aliphatic carbocycles. The number of carbonyl (C=O) groups excluding carboxylic acids is 1. The number of amidine groups is 1. The van der Waals surface area contributed by atoms with Crippen molar-refractivity contribution in [2.24, 2.45) is 4.99 Å². The fourth-order valence-corrected chi connectivity index (χ4v) is 2.69. The van der Waals surface area contributed by atoms with Crippen LogP contribution < -0.4 is 10.9 Å². The third kappa shape index (κ3) is 5.97. The summed E-state index contributed by atoms with van der Waals surface area (Å²) in [5, 5.41) is 3.97. The summed E-state index contributed by atoms with van der Waals surface area (Å²) in [6, 6.07) is 4.35. The molecule has 0 radical (unpaired) electrons. The second-order valence-electron chi connectivity index (χ2n) is 8.11. The number of esters is 1. The van der Waals surface area contributed by atoms with Crippen LogP contribution in [0.25, 0.3) is 11.0 Å². The maximum atomic E-state index is 12.6. The lowest BCUT2D eigenvalue weighted by Gasteiger charge is -2.24. The Bertz CT molecular complexity index is 967. The van der Waals surface area contributed by atoms with Crippen LogP contribution in [0, 0.1) is 0 Å². The molecule has 0 aliphatic heterocycles. The summed E-state index contributed by atoms with van der Waals surface area (Å²) >= 11 is 12.0. The number of hydrogen-bond acceptors (Lipinski definition) is 5. The first kappa shape index (κ1) is 21.3. The zero-order valence-electron chi connectivity index (χ0n) is 16.1. The van der Waals surface area contributed by atoms with Crippen LogP contribution in [0.15, 0.2) is 32.4 Å². The molecule has 0 bridgehead atoms. The molecule has 2 aromatic rings. The van der Waals surface area contributed by atoms with Gasteiger partial charge in [-0.05, 0) is 59.7 Å². The molecule has 1 N–H and O–H groups in total. The van der Waals surface area contributed by atoms with Gasteiger partial charge >= 0.3 is 11.6 Å². The summed E-state index contributed by atoms with van der Waals surface area (Å²) in [6.45, 7) is 11.3. The number of benzene rings is 1. The number of nitrogens with one attached hydrogen (secondary N) is 1. The number of hydrogen-bond donors (Lipinski definition) is 1. The van der Waals surface area contributed by atoms with Crippen molar-refractivity contribution in [1.29, 1.82) is 0 Å². The molecule has 1 aromatic heterocycles. The highest BCUT2D eigenvalue weighted by Gasteiger charge is 2.23. The van der Waals surface area contributed by atoms with Gasteiger partial charge in [-0.2, -0.15) is 0 Å². The average Bonchev–Trinajstić information content (AvgIpc) is 2.43. The van der Waals surface area contributed by atoms with E-state index in [1.165, 1.54) is 12.1 Å². The van der Waals surface area contributed by atoms with Gasteiger partial charge in [0.05, 0.1) is 10.6 Å². The fraction of sp³-hybridized carbons (Fsp3) is 0.421. The predicted octanol–water partition coefficient (Wildman–Crippen LogP) is 4.80. The van der Waals surface area contributed by atoms with Crippen molar-refractivity contribution in [3.8, 4) is 0 Å². The third-order valence-corrected chi connectivity index (χ3v) is 3.58. The number of rotatable bonds is 1. The molecule has 0 saturated carbocycles. The number of ether oxygens (including phenoxy) is 1. The Morgan fingerprint density at radius 3 is 2.30 bits per heavy atom. The minimum absolute atomic E-state index is 0.0172. The van der Waals surface area contributed by atoms with E-state index >= 15 is 0 Å². The lowest BCUT2D eigenvalue weighted by molar-refractivity contribution is 0.0698. The molecule has 146 valence electrons. The summed E-state index contributed by atoms with van der Waals surface area (Å²) in [5.41, 5.74) is -1.89. The molecule has 0 fully saturated rings. The topological polar surface area (TPSA) is 80.9 Å². The van der Waals surface area contributed by atoms with Gasteiger partial charge in [-0.1, -0.05) is 23.2 Å². The maximum absolute atomic E-state index is 12.6. The summed E-state index contributed by atoms with van der Waals surface area (Å²) in [6.07, 6.45) is 0. The second kappa shape index (κ2) is 7.52. The molecule has 27 heavy (non-hydrogen) atoms. The normalized spacial score (nSPS) is 13.0. The van der Waals surface area contributed by atoms with Gasteiger partial charge in [0.2, 0.25) is 0 Å². The number of aliphatic imine (C=N–C) groups is 1. The molecule has 0 spiro atoms. The minimum atomic E-state index is -0.888. The Kier molecular flexibility index (Phi) is 5.92. The van der Waals surface area contributed by atoms with Gasteiger partial charge in [0.15, 0.2) is 5.58 Å². The highest BCUT2D eigenvalue weighted by Crippen LogP contribution is 2.27. The van der Waals surface area contributed by atoms with E-state index in [2.05, 4.69) is 10.3 Å². The van der Waals surface area contributed by atoms with E-state index in [1.807, 2.05) is 41.5 Å². The van der Waals surface area contributed by atoms with Crippen LogP contribution in [0.3, 0.4) is 0 Å². The standard InChI is InChI=1S/C19H22Cl2N2O4/c1-18(2,3)22-17(23-19(4,5)6)27-16(25)12-8-10-7-11(20)9-13(21)14(10)26-15(12)24/h7-9H,1-6H3,(H,22,23). The zero-order chi connectivity index (χ0) is 20.6. The minimum Gasteiger partial charge on any atom is -0.420 e.